The lowest BCUT2D eigenvalue weighted by molar-refractivity contribution is 0.321. The highest BCUT2D eigenvalue weighted by molar-refractivity contribution is 5.79. The van der Waals surface area contributed by atoms with Crippen LogP contribution in [0.15, 0.2) is 33.7 Å². The third-order valence-electron chi connectivity index (χ3n) is 4.00. The Kier molecular flexibility index (Phi) is 7.51. The van der Waals surface area contributed by atoms with Gasteiger partial charge in [-0.05, 0) is 44.4 Å². The molecule has 0 radical (unpaired) electrons. The van der Waals surface area contributed by atoms with E-state index < -0.39 is 0 Å². The van der Waals surface area contributed by atoms with E-state index in [9.17, 15) is 0 Å². The molecule has 6 heteroatoms. The van der Waals surface area contributed by atoms with E-state index in [-0.39, 0.29) is 0 Å². The van der Waals surface area contributed by atoms with Crippen LogP contribution in [-0.2, 0) is 6.54 Å². The predicted molar refractivity (Wildman–Crippen MR) is 105 cm³/mol. The van der Waals surface area contributed by atoms with Crippen molar-refractivity contribution < 1.29 is 9.15 Å². The number of oxazole rings is 1. The lowest BCUT2D eigenvalue weighted by atomic mass is 10.0. The first-order valence-corrected chi connectivity index (χ1v) is 9.17. The second-order valence-corrected chi connectivity index (χ2v) is 6.44. The fourth-order valence-corrected chi connectivity index (χ4v) is 2.38. The van der Waals surface area contributed by atoms with E-state index in [2.05, 4.69) is 46.6 Å². The molecular formula is C20H30N4O2. The van der Waals surface area contributed by atoms with Crippen LogP contribution < -0.4 is 15.4 Å². The largest absolute Gasteiger partial charge is 0.492 e. The summed E-state index contributed by atoms with van der Waals surface area (Å²) in [5, 5.41) is 6.46. The van der Waals surface area contributed by atoms with Crippen molar-refractivity contribution in [3.63, 3.8) is 0 Å². The molecule has 0 saturated carbocycles. The minimum atomic E-state index is 0.404. The van der Waals surface area contributed by atoms with E-state index in [1.807, 2.05) is 32.9 Å². The summed E-state index contributed by atoms with van der Waals surface area (Å²) in [4.78, 5) is 8.84. The molecule has 142 valence electrons. The Bertz CT molecular complexity index is 686. The van der Waals surface area contributed by atoms with Gasteiger partial charge in [0.15, 0.2) is 5.96 Å². The molecule has 26 heavy (non-hydrogen) atoms. The average Bonchev–Trinajstić information content (AvgIpc) is 2.94. The molecule has 2 rings (SSSR count). The Morgan fingerprint density at radius 3 is 2.50 bits per heavy atom. The third kappa shape index (κ3) is 6.10. The standard InChI is InChI=1S/C20H30N4O2/c1-6-21-20(23-13-19-24-15(4)16(5)26-19)22-11-12-25-18-9-7-17(8-10-18)14(2)3/h7-10,14H,6,11-13H2,1-5H3,(H2,21,22,23). The van der Waals surface area contributed by atoms with E-state index in [0.29, 0.717) is 31.5 Å². The molecule has 0 spiro atoms. The molecule has 0 unspecified atom stereocenters. The number of hydrogen-bond acceptors (Lipinski definition) is 4. The quantitative estimate of drug-likeness (QED) is 0.429. The molecule has 0 bridgehead atoms. The molecule has 0 amide bonds. The SMILES string of the molecule is CCNC(=NCc1nc(C)c(C)o1)NCCOc1ccc(C(C)C)cc1. The Balaban J connectivity index is 1.79. The summed E-state index contributed by atoms with van der Waals surface area (Å²) in [6.45, 7) is 12.6. The fourth-order valence-electron chi connectivity index (χ4n) is 2.38. The van der Waals surface area contributed by atoms with Crippen LogP contribution in [0, 0.1) is 13.8 Å². The second-order valence-electron chi connectivity index (χ2n) is 6.44. The first-order chi connectivity index (χ1) is 12.5. The van der Waals surface area contributed by atoms with Gasteiger partial charge < -0.3 is 19.8 Å². The second kappa shape index (κ2) is 9.85. The van der Waals surface area contributed by atoms with E-state index in [1.165, 1.54) is 5.56 Å². The van der Waals surface area contributed by atoms with Crippen molar-refractivity contribution in [3.8, 4) is 5.75 Å². The summed E-state index contributed by atoms with van der Waals surface area (Å²) >= 11 is 0. The molecule has 6 nitrogen and oxygen atoms in total. The molecule has 0 atom stereocenters. The first kappa shape index (κ1) is 19.8. The van der Waals surface area contributed by atoms with Crippen molar-refractivity contribution in [2.24, 2.45) is 4.99 Å². The van der Waals surface area contributed by atoms with Crippen LogP contribution in [0.25, 0.3) is 0 Å². The van der Waals surface area contributed by atoms with Crippen LogP contribution in [0.1, 0.15) is 49.6 Å². The Hall–Kier alpha value is -2.50. The predicted octanol–water partition coefficient (Wildman–Crippen LogP) is 3.55. The lowest BCUT2D eigenvalue weighted by Gasteiger charge is -2.12. The monoisotopic (exact) mass is 358 g/mol. The molecule has 0 saturated heterocycles. The first-order valence-electron chi connectivity index (χ1n) is 9.17. The van der Waals surface area contributed by atoms with Gasteiger partial charge in [-0.25, -0.2) is 9.98 Å². The van der Waals surface area contributed by atoms with E-state index in [4.69, 9.17) is 9.15 Å². The van der Waals surface area contributed by atoms with Gasteiger partial charge in [-0.3, -0.25) is 0 Å². The van der Waals surface area contributed by atoms with Crippen LogP contribution in [0.4, 0.5) is 0 Å². The van der Waals surface area contributed by atoms with Gasteiger partial charge in [-0.15, -0.1) is 0 Å². The number of hydrogen-bond donors (Lipinski definition) is 2. The van der Waals surface area contributed by atoms with Crippen LogP contribution in [0.5, 0.6) is 5.75 Å². The maximum Gasteiger partial charge on any atom is 0.216 e. The van der Waals surface area contributed by atoms with Crippen LogP contribution in [-0.4, -0.2) is 30.6 Å². The molecule has 0 aliphatic rings. The number of guanidine groups is 1. The van der Waals surface area contributed by atoms with Gasteiger partial charge >= 0.3 is 0 Å². The van der Waals surface area contributed by atoms with Crippen molar-refractivity contribution >= 4 is 5.96 Å². The zero-order valence-electron chi connectivity index (χ0n) is 16.4. The van der Waals surface area contributed by atoms with E-state index in [0.717, 1.165) is 29.7 Å². The van der Waals surface area contributed by atoms with Gasteiger partial charge in [0.1, 0.15) is 24.7 Å². The molecule has 1 aromatic carbocycles. The highest BCUT2D eigenvalue weighted by atomic mass is 16.5. The van der Waals surface area contributed by atoms with E-state index in [1.54, 1.807) is 0 Å². The minimum absolute atomic E-state index is 0.404. The number of ether oxygens (including phenoxy) is 1. The Labute approximate surface area is 156 Å². The average molecular weight is 358 g/mol. The zero-order chi connectivity index (χ0) is 18.9. The van der Waals surface area contributed by atoms with Gasteiger partial charge in [0.05, 0.1) is 12.2 Å². The highest BCUT2D eigenvalue weighted by Gasteiger charge is 2.05. The van der Waals surface area contributed by atoms with Crippen molar-refractivity contribution in [1.29, 1.82) is 0 Å². The fraction of sp³-hybridized carbons (Fsp3) is 0.500. The van der Waals surface area contributed by atoms with Crippen molar-refractivity contribution in [3.05, 3.63) is 47.2 Å². The topological polar surface area (TPSA) is 71.7 Å². The van der Waals surface area contributed by atoms with E-state index >= 15 is 0 Å². The number of aromatic nitrogens is 1. The van der Waals surface area contributed by atoms with Crippen molar-refractivity contribution in [2.45, 2.75) is 47.1 Å². The molecule has 0 aliphatic heterocycles. The van der Waals surface area contributed by atoms with Gasteiger partial charge in [0.25, 0.3) is 0 Å². The van der Waals surface area contributed by atoms with Gasteiger partial charge in [-0.1, -0.05) is 26.0 Å². The van der Waals surface area contributed by atoms with Crippen LogP contribution in [0.3, 0.4) is 0 Å². The summed E-state index contributed by atoms with van der Waals surface area (Å²) in [5.41, 5.74) is 2.22. The smallest absolute Gasteiger partial charge is 0.216 e. The van der Waals surface area contributed by atoms with Crippen LogP contribution in [0.2, 0.25) is 0 Å². The molecule has 0 fully saturated rings. The Morgan fingerprint density at radius 1 is 1.19 bits per heavy atom. The van der Waals surface area contributed by atoms with Crippen molar-refractivity contribution in [2.75, 3.05) is 19.7 Å². The number of nitrogens with zero attached hydrogens (tertiary/aromatic N) is 2. The molecule has 1 aromatic heterocycles. The summed E-state index contributed by atoms with van der Waals surface area (Å²) in [6.07, 6.45) is 0. The maximum atomic E-state index is 5.77. The number of nitrogens with one attached hydrogen (secondary N) is 2. The van der Waals surface area contributed by atoms with Gasteiger partial charge in [0, 0.05) is 6.54 Å². The molecule has 0 aliphatic carbocycles. The zero-order valence-corrected chi connectivity index (χ0v) is 16.4. The molecular weight excluding hydrogens is 328 g/mol. The van der Waals surface area contributed by atoms with Gasteiger partial charge in [0.2, 0.25) is 5.89 Å². The summed E-state index contributed by atoms with van der Waals surface area (Å²) in [6, 6.07) is 8.25. The minimum Gasteiger partial charge on any atom is -0.492 e. The molecule has 2 N–H and O–H groups in total. The summed E-state index contributed by atoms with van der Waals surface area (Å²) in [5.74, 6) is 3.59. The number of aliphatic imine (C=N–C) groups is 1. The summed E-state index contributed by atoms with van der Waals surface area (Å²) in [7, 11) is 0. The summed E-state index contributed by atoms with van der Waals surface area (Å²) < 4.78 is 11.3. The number of aryl methyl sites for hydroxylation is 2. The molecule has 1 heterocycles. The van der Waals surface area contributed by atoms with Crippen molar-refractivity contribution in [1.82, 2.24) is 15.6 Å². The number of rotatable bonds is 8. The van der Waals surface area contributed by atoms with Gasteiger partial charge in [-0.2, -0.15) is 0 Å². The molecule has 2 aromatic rings. The third-order valence-corrected chi connectivity index (χ3v) is 4.00. The Morgan fingerprint density at radius 2 is 1.92 bits per heavy atom. The highest BCUT2D eigenvalue weighted by Crippen LogP contribution is 2.18. The maximum absolute atomic E-state index is 5.77. The number of benzene rings is 1. The van der Waals surface area contributed by atoms with Crippen LogP contribution >= 0.6 is 0 Å². The normalized spacial score (nSPS) is 11.7. The lowest BCUT2D eigenvalue weighted by Crippen LogP contribution is -2.39.